The summed E-state index contributed by atoms with van der Waals surface area (Å²) in [7, 11) is -3.06. The Hall–Kier alpha value is -2.19. The molecular weight excluding hydrogens is 376 g/mol. The Kier molecular flexibility index (Phi) is 5.43. The molecule has 1 aromatic carbocycles. The Morgan fingerprint density at radius 2 is 2.12 bits per heavy atom. The highest BCUT2D eigenvalue weighted by atomic mass is 35.5. The van der Waals surface area contributed by atoms with E-state index in [1.807, 2.05) is 19.1 Å². The lowest BCUT2D eigenvalue weighted by atomic mass is 10.2. The number of rotatable bonds is 5. The Labute approximate surface area is 157 Å². The molecular formula is C17H19ClN4O3S. The van der Waals surface area contributed by atoms with Gasteiger partial charge in [0.15, 0.2) is 21.3 Å². The average Bonchev–Trinajstić information content (AvgIpc) is 2.96. The maximum Gasteiger partial charge on any atom is 0.274 e. The molecule has 1 saturated heterocycles. The minimum absolute atomic E-state index is 0.00835. The molecule has 0 bridgehead atoms. The van der Waals surface area contributed by atoms with E-state index in [9.17, 15) is 13.2 Å². The molecule has 1 unspecified atom stereocenters. The Bertz CT molecular complexity index is 902. The van der Waals surface area contributed by atoms with Crippen molar-refractivity contribution in [2.45, 2.75) is 19.4 Å². The number of hydrogen-bond donors (Lipinski definition) is 1. The van der Waals surface area contributed by atoms with E-state index in [1.165, 1.54) is 0 Å². The molecule has 0 spiro atoms. The number of anilines is 2. The van der Waals surface area contributed by atoms with Crippen LogP contribution in [0.2, 0.25) is 5.02 Å². The molecule has 1 aromatic heterocycles. The third-order valence-corrected chi connectivity index (χ3v) is 6.22. The Morgan fingerprint density at radius 1 is 1.31 bits per heavy atom. The molecule has 1 amide bonds. The first-order chi connectivity index (χ1) is 12.4. The van der Waals surface area contributed by atoms with Crippen molar-refractivity contribution in [3.63, 3.8) is 0 Å². The van der Waals surface area contributed by atoms with Gasteiger partial charge in [0.25, 0.3) is 5.91 Å². The third kappa shape index (κ3) is 4.31. The number of amides is 1. The van der Waals surface area contributed by atoms with Gasteiger partial charge in [0, 0.05) is 23.3 Å². The summed E-state index contributed by atoms with van der Waals surface area (Å²) >= 11 is 5.94. The Morgan fingerprint density at radius 3 is 2.69 bits per heavy atom. The molecule has 1 atom stereocenters. The lowest BCUT2D eigenvalue weighted by Crippen LogP contribution is -2.41. The number of hydrogen-bond acceptors (Lipinski definition) is 6. The van der Waals surface area contributed by atoms with Crippen LogP contribution in [0.25, 0.3) is 0 Å². The lowest BCUT2D eigenvalue weighted by molar-refractivity contribution is 0.0701. The summed E-state index contributed by atoms with van der Waals surface area (Å²) < 4.78 is 23.4. The van der Waals surface area contributed by atoms with Crippen LogP contribution in [-0.4, -0.2) is 53.5 Å². The fraction of sp³-hybridized carbons (Fsp3) is 0.353. The fourth-order valence-electron chi connectivity index (χ4n) is 2.96. The number of carbonyl (C=O) groups is 1. The normalized spacial score (nSPS) is 18.5. The molecule has 2 aromatic rings. The molecule has 26 heavy (non-hydrogen) atoms. The molecule has 2 heterocycles. The van der Waals surface area contributed by atoms with Crippen LogP contribution in [0.1, 0.15) is 23.8 Å². The van der Waals surface area contributed by atoms with Crippen molar-refractivity contribution < 1.29 is 13.2 Å². The van der Waals surface area contributed by atoms with E-state index < -0.39 is 9.84 Å². The first kappa shape index (κ1) is 18.6. The van der Waals surface area contributed by atoms with Crippen molar-refractivity contribution in [3.05, 3.63) is 47.1 Å². The summed E-state index contributed by atoms with van der Waals surface area (Å²) in [5.74, 6) is 0.302. The highest BCUT2D eigenvalue weighted by Gasteiger charge is 2.34. The molecule has 9 heteroatoms. The van der Waals surface area contributed by atoms with Gasteiger partial charge in [-0.3, -0.25) is 4.79 Å². The highest BCUT2D eigenvalue weighted by molar-refractivity contribution is 7.91. The summed E-state index contributed by atoms with van der Waals surface area (Å²) in [5, 5.41) is 11.7. The lowest BCUT2D eigenvalue weighted by Gasteiger charge is -2.26. The molecule has 1 N–H and O–H groups in total. The van der Waals surface area contributed by atoms with Gasteiger partial charge >= 0.3 is 0 Å². The average molecular weight is 395 g/mol. The number of sulfone groups is 1. The summed E-state index contributed by atoms with van der Waals surface area (Å²) in [6, 6.07) is 10.1. The number of carbonyl (C=O) groups excluding carboxylic acids is 1. The Balaban J connectivity index is 1.71. The first-order valence-electron chi connectivity index (χ1n) is 8.25. The van der Waals surface area contributed by atoms with E-state index in [0.717, 1.165) is 5.69 Å². The second-order valence-electron chi connectivity index (χ2n) is 6.09. The van der Waals surface area contributed by atoms with Crippen LogP contribution in [-0.2, 0) is 9.84 Å². The van der Waals surface area contributed by atoms with Gasteiger partial charge in [0.1, 0.15) is 0 Å². The van der Waals surface area contributed by atoms with Gasteiger partial charge in [0.05, 0.1) is 11.5 Å². The number of halogens is 1. The molecule has 1 aliphatic heterocycles. The smallest absolute Gasteiger partial charge is 0.274 e. The second-order valence-corrected chi connectivity index (χ2v) is 8.75. The van der Waals surface area contributed by atoms with Crippen LogP contribution in [0.4, 0.5) is 11.5 Å². The number of nitrogens with one attached hydrogen (secondary N) is 1. The predicted molar refractivity (Wildman–Crippen MR) is 101 cm³/mol. The largest absolute Gasteiger partial charge is 0.339 e. The quantitative estimate of drug-likeness (QED) is 0.837. The highest BCUT2D eigenvalue weighted by Crippen LogP contribution is 2.21. The molecule has 1 fully saturated rings. The minimum atomic E-state index is -3.06. The zero-order valence-corrected chi connectivity index (χ0v) is 15.8. The first-order valence-corrected chi connectivity index (χ1v) is 10.5. The van der Waals surface area contributed by atoms with Crippen molar-refractivity contribution in [2.75, 3.05) is 23.4 Å². The molecule has 0 radical (unpaired) electrons. The molecule has 0 saturated carbocycles. The minimum Gasteiger partial charge on any atom is -0.339 e. The van der Waals surface area contributed by atoms with E-state index in [1.54, 1.807) is 29.2 Å². The fourth-order valence-corrected chi connectivity index (χ4v) is 4.88. The van der Waals surface area contributed by atoms with Gasteiger partial charge in [-0.05, 0) is 43.7 Å². The van der Waals surface area contributed by atoms with Gasteiger partial charge < -0.3 is 10.2 Å². The van der Waals surface area contributed by atoms with Crippen molar-refractivity contribution >= 4 is 38.9 Å². The van der Waals surface area contributed by atoms with Gasteiger partial charge in [-0.1, -0.05) is 17.7 Å². The molecule has 138 valence electrons. The molecule has 7 nitrogen and oxygen atoms in total. The van der Waals surface area contributed by atoms with Crippen molar-refractivity contribution in [1.29, 1.82) is 0 Å². The molecule has 3 rings (SSSR count). The molecule has 0 aliphatic carbocycles. The summed E-state index contributed by atoms with van der Waals surface area (Å²) in [4.78, 5) is 14.2. The maximum absolute atomic E-state index is 12.7. The van der Waals surface area contributed by atoms with Crippen LogP contribution < -0.4 is 5.32 Å². The van der Waals surface area contributed by atoms with Gasteiger partial charge in [-0.25, -0.2) is 8.42 Å². The summed E-state index contributed by atoms with van der Waals surface area (Å²) in [6.07, 6.45) is 0.462. The van der Waals surface area contributed by atoms with Crippen molar-refractivity contribution in [2.24, 2.45) is 0 Å². The van der Waals surface area contributed by atoms with E-state index >= 15 is 0 Å². The van der Waals surface area contributed by atoms with Crippen molar-refractivity contribution in [1.82, 2.24) is 15.1 Å². The van der Waals surface area contributed by atoms with E-state index in [4.69, 9.17) is 11.6 Å². The number of aromatic nitrogens is 2. The van der Waals surface area contributed by atoms with Gasteiger partial charge in [-0.15, -0.1) is 10.2 Å². The number of nitrogens with zero attached hydrogens (tertiary/aromatic N) is 3. The predicted octanol–water partition coefficient (Wildman–Crippen LogP) is 2.52. The van der Waals surface area contributed by atoms with E-state index in [-0.39, 0.29) is 29.1 Å². The SMILES string of the molecule is CCN(C(=O)c1ccc(Nc2cccc(Cl)c2)nn1)C1CCS(=O)(=O)C1. The standard InChI is InChI=1S/C17H19ClN4O3S/c1-2-22(14-8-9-26(24,25)11-14)17(23)15-6-7-16(21-20-15)19-13-5-3-4-12(18)10-13/h3-7,10,14H,2,8-9,11H2,1H3,(H,19,21). The summed E-state index contributed by atoms with van der Waals surface area (Å²) in [5.41, 5.74) is 0.949. The van der Waals surface area contributed by atoms with Gasteiger partial charge in [-0.2, -0.15) is 0 Å². The van der Waals surface area contributed by atoms with Crippen molar-refractivity contribution in [3.8, 4) is 0 Å². The van der Waals surface area contributed by atoms with Crippen LogP contribution >= 0.6 is 11.6 Å². The summed E-state index contributed by atoms with van der Waals surface area (Å²) in [6.45, 7) is 2.24. The van der Waals surface area contributed by atoms with E-state index in [0.29, 0.717) is 23.8 Å². The van der Waals surface area contributed by atoms with Crippen LogP contribution in [0.3, 0.4) is 0 Å². The topological polar surface area (TPSA) is 92.3 Å². The van der Waals surface area contributed by atoms with Crippen LogP contribution in [0.15, 0.2) is 36.4 Å². The van der Waals surface area contributed by atoms with Crippen LogP contribution in [0.5, 0.6) is 0 Å². The van der Waals surface area contributed by atoms with E-state index in [2.05, 4.69) is 15.5 Å². The zero-order valence-electron chi connectivity index (χ0n) is 14.2. The zero-order chi connectivity index (χ0) is 18.7. The monoisotopic (exact) mass is 394 g/mol. The second kappa shape index (κ2) is 7.59. The van der Waals surface area contributed by atoms with Crippen LogP contribution in [0, 0.1) is 0 Å². The number of benzene rings is 1. The van der Waals surface area contributed by atoms with Gasteiger partial charge in [0.2, 0.25) is 0 Å². The molecule has 1 aliphatic rings. The maximum atomic E-state index is 12.7. The third-order valence-electron chi connectivity index (χ3n) is 4.23.